The van der Waals surface area contributed by atoms with E-state index >= 15 is 0 Å². The van der Waals surface area contributed by atoms with Crippen LogP contribution < -0.4 is 10.1 Å². The molecule has 2 aromatic carbocycles. The summed E-state index contributed by atoms with van der Waals surface area (Å²) in [6.07, 6.45) is 3.29. The highest BCUT2D eigenvalue weighted by Gasteiger charge is 2.21. The van der Waals surface area contributed by atoms with Crippen LogP contribution in [-0.4, -0.2) is 17.1 Å². The predicted molar refractivity (Wildman–Crippen MR) is 104 cm³/mol. The monoisotopic (exact) mass is 363 g/mol. The lowest BCUT2D eigenvalue weighted by molar-refractivity contribution is 0.387. The van der Waals surface area contributed by atoms with Gasteiger partial charge in [-0.25, -0.2) is 14.4 Å². The minimum atomic E-state index is -0.410. The fourth-order valence-electron chi connectivity index (χ4n) is 3.73. The fraction of sp³-hybridized carbons (Fsp3) is 0.273. The zero-order chi connectivity index (χ0) is 18.8. The minimum absolute atomic E-state index is 0.201. The zero-order valence-electron chi connectivity index (χ0n) is 15.5. The third kappa shape index (κ3) is 3.50. The molecule has 0 aliphatic heterocycles. The van der Waals surface area contributed by atoms with E-state index in [0.717, 1.165) is 19.3 Å². The van der Waals surface area contributed by atoms with E-state index in [4.69, 9.17) is 4.74 Å². The molecule has 0 amide bonds. The average molecular weight is 363 g/mol. The molecule has 0 fully saturated rings. The Labute approximate surface area is 158 Å². The van der Waals surface area contributed by atoms with Crippen molar-refractivity contribution in [1.29, 1.82) is 0 Å². The lowest BCUT2D eigenvalue weighted by Crippen LogP contribution is -2.18. The van der Waals surface area contributed by atoms with E-state index in [1.807, 2.05) is 13.0 Å². The molecule has 1 heterocycles. The Bertz CT molecular complexity index is 974. The van der Waals surface area contributed by atoms with Gasteiger partial charge in [0, 0.05) is 11.6 Å². The maximum atomic E-state index is 14.7. The number of benzene rings is 2. The van der Waals surface area contributed by atoms with E-state index in [9.17, 15) is 4.39 Å². The molecule has 4 rings (SSSR count). The topological polar surface area (TPSA) is 47.0 Å². The molecule has 1 aliphatic rings. The number of aromatic nitrogens is 2. The molecule has 0 bridgehead atoms. The summed E-state index contributed by atoms with van der Waals surface area (Å²) in [6, 6.07) is 15.6. The van der Waals surface area contributed by atoms with Crippen LogP contribution in [0.25, 0.3) is 11.3 Å². The van der Waals surface area contributed by atoms with Gasteiger partial charge in [-0.3, -0.25) is 0 Å². The number of hydrogen-bond donors (Lipinski definition) is 1. The van der Waals surface area contributed by atoms with Crippen LogP contribution in [0, 0.1) is 12.7 Å². The molecule has 138 valence electrons. The number of anilines is 1. The van der Waals surface area contributed by atoms with Gasteiger partial charge in [-0.15, -0.1) is 0 Å². The molecule has 0 radical (unpaired) electrons. The van der Waals surface area contributed by atoms with Crippen molar-refractivity contribution >= 4 is 5.82 Å². The number of aryl methyl sites for hydroxylation is 2. The molecular formula is C22H22FN3O. The van der Waals surface area contributed by atoms with Gasteiger partial charge in [-0.1, -0.05) is 30.3 Å². The van der Waals surface area contributed by atoms with Crippen molar-refractivity contribution in [1.82, 2.24) is 9.97 Å². The summed E-state index contributed by atoms with van der Waals surface area (Å²) >= 11 is 0. The van der Waals surface area contributed by atoms with Gasteiger partial charge in [0.1, 0.15) is 11.6 Å². The third-order valence-corrected chi connectivity index (χ3v) is 4.99. The number of nitrogens with one attached hydrogen (secondary N) is 1. The molecule has 0 spiro atoms. The maximum Gasteiger partial charge on any atom is 0.174 e. The van der Waals surface area contributed by atoms with Gasteiger partial charge in [-0.05, 0) is 49.4 Å². The second-order valence-corrected chi connectivity index (χ2v) is 6.80. The summed E-state index contributed by atoms with van der Waals surface area (Å²) in [4.78, 5) is 8.95. The molecule has 1 atom stereocenters. The highest BCUT2D eigenvalue weighted by Crippen LogP contribution is 2.33. The lowest BCUT2D eigenvalue weighted by atomic mass is 9.88. The van der Waals surface area contributed by atoms with Crippen molar-refractivity contribution in [2.75, 3.05) is 12.4 Å². The number of ether oxygens (including phenoxy) is 1. The molecule has 1 aliphatic carbocycles. The molecule has 0 unspecified atom stereocenters. The summed E-state index contributed by atoms with van der Waals surface area (Å²) in [7, 11) is 1.46. The second-order valence-electron chi connectivity index (χ2n) is 6.80. The fourth-order valence-corrected chi connectivity index (χ4v) is 3.73. The van der Waals surface area contributed by atoms with E-state index in [2.05, 4.69) is 39.6 Å². The van der Waals surface area contributed by atoms with Gasteiger partial charge in [0.2, 0.25) is 0 Å². The Hall–Kier alpha value is -2.95. The van der Waals surface area contributed by atoms with E-state index in [1.54, 1.807) is 18.2 Å². The van der Waals surface area contributed by atoms with Crippen molar-refractivity contribution in [3.8, 4) is 17.0 Å². The summed E-state index contributed by atoms with van der Waals surface area (Å²) in [5.41, 5.74) is 3.65. The molecule has 5 heteroatoms. The molecule has 4 nitrogen and oxygen atoms in total. The van der Waals surface area contributed by atoms with Crippen LogP contribution in [0.5, 0.6) is 5.75 Å². The van der Waals surface area contributed by atoms with Gasteiger partial charge in [0.05, 0.1) is 18.8 Å². The first kappa shape index (κ1) is 17.5. The summed E-state index contributed by atoms with van der Waals surface area (Å²) in [5, 5.41) is 3.53. The predicted octanol–water partition coefficient (Wildman–Crippen LogP) is 5.09. The summed E-state index contributed by atoms with van der Waals surface area (Å²) < 4.78 is 19.8. The van der Waals surface area contributed by atoms with E-state index in [1.165, 1.54) is 18.2 Å². The Morgan fingerprint density at radius 2 is 1.96 bits per heavy atom. The maximum absolute atomic E-state index is 14.7. The quantitative estimate of drug-likeness (QED) is 0.701. The van der Waals surface area contributed by atoms with Gasteiger partial charge < -0.3 is 10.1 Å². The van der Waals surface area contributed by atoms with Crippen LogP contribution in [0.3, 0.4) is 0 Å². The first-order valence-corrected chi connectivity index (χ1v) is 9.18. The number of fused-ring (bicyclic) bond motifs is 1. The number of nitrogens with zero attached hydrogens (tertiary/aromatic N) is 2. The molecule has 1 N–H and O–H groups in total. The van der Waals surface area contributed by atoms with E-state index in [-0.39, 0.29) is 11.8 Å². The highest BCUT2D eigenvalue weighted by molar-refractivity contribution is 5.65. The van der Waals surface area contributed by atoms with Gasteiger partial charge in [0.25, 0.3) is 0 Å². The normalized spacial score (nSPS) is 15.9. The van der Waals surface area contributed by atoms with Gasteiger partial charge in [-0.2, -0.15) is 0 Å². The van der Waals surface area contributed by atoms with Crippen molar-refractivity contribution in [2.24, 2.45) is 0 Å². The summed E-state index contributed by atoms with van der Waals surface area (Å²) in [5.74, 6) is 1.11. The molecule has 0 saturated heterocycles. The number of rotatable bonds is 4. The Kier molecular flexibility index (Phi) is 4.75. The Balaban J connectivity index is 1.69. The smallest absolute Gasteiger partial charge is 0.174 e. The molecule has 3 aromatic rings. The number of halogens is 1. The number of hydrogen-bond acceptors (Lipinski definition) is 4. The SMILES string of the molecule is COc1cccc(-c2cc(N[C@@H]3CCCc4ccccc43)nc(C)n2)c1F. The van der Waals surface area contributed by atoms with Gasteiger partial charge >= 0.3 is 0 Å². The van der Waals surface area contributed by atoms with Crippen LogP contribution in [0.1, 0.15) is 35.8 Å². The molecule has 27 heavy (non-hydrogen) atoms. The zero-order valence-corrected chi connectivity index (χ0v) is 15.5. The Morgan fingerprint density at radius 1 is 1.11 bits per heavy atom. The van der Waals surface area contributed by atoms with Crippen LogP contribution in [-0.2, 0) is 6.42 Å². The first-order chi connectivity index (χ1) is 13.2. The van der Waals surface area contributed by atoms with Crippen molar-refractivity contribution < 1.29 is 9.13 Å². The van der Waals surface area contributed by atoms with Crippen molar-refractivity contribution in [3.05, 3.63) is 71.3 Å². The molecule has 0 saturated carbocycles. The molecular weight excluding hydrogens is 341 g/mol. The van der Waals surface area contributed by atoms with Crippen LogP contribution in [0.2, 0.25) is 0 Å². The summed E-state index contributed by atoms with van der Waals surface area (Å²) in [6.45, 7) is 1.82. The standard InChI is InChI=1S/C22H22FN3O/c1-14-24-19(17-10-6-12-20(27-2)22(17)23)13-21(25-14)26-18-11-5-8-15-7-3-4-9-16(15)18/h3-4,6-7,9-10,12-13,18H,5,8,11H2,1-2H3,(H,24,25,26)/t18-/m1/s1. The van der Waals surface area contributed by atoms with Crippen molar-refractivity contribution in [2.45, 2.75) is 32.2 Å². The van der Waals surface area contributed by atoms with Crippen LogP contribution in [0.15, 0.2) is 48.5 Å². The van der Waals surface area contributed by atoms with Crippen LogP contribution in [0.4, 0.5) is 10.2 Å². The van der Waals surface area contributed by atoms with Gasteiger partial charge in [0.15, 0.2) is 11.6 Å². The number of methoxy groups -OCH3 is 1. The van der Waals surface area contributed by atoms with E-state index < -0.39 is 5.82 Å². The largest absolute Gasteiger partial charge is 0.494 e. The van der Waals surface area contributed by atoms with Crippen LogP contribution >= 0.6 is 0 Å². The first-order valence-electron chi connectivity index (χ1n) is 9.18. The molecule has 1 aromatic heterocycles. The average Bonchev–Trinajstić information content (AvgIpc) is 2.68. The van der Waals surface area contributed by atoms with E-state index in [0.29, 0.717) is 22.9 Å². The lowest BCUT2D eigenvalue weighted by Gasteiger charge is -2.27. The Morgan fingerprint density at radius 3 is 2.81 bits per heavy atom. The second kappa shape index (κ2) is 7.35. The van der Waals surface area contributed by atoms with Crippen molar-refractivity contribution in [3.63, 3.8) is 0 Å². The third-order valence-electron chi connectivity index (χ3n) is 4.99. The minimum Gasteiger partial charge on any atom is -0.494 e. The highest BCUT2D eigenvalue weighted by atomic mass is 19.1.